The molecular formula is C30H33ClN2O5. The van der Waals surface area contributed by atoms with E-state index in [9.17, 15) is 19.7 Å². The van der Waals surface area contributed by atoms with Crippen molar-refractivity contribution in [2.24, 2.45) is 0 Å². The molecule has 0 bridgehead atoms. The summed E-state index contributed by atoms with van der Waals surface area (Å²) in [5.74, 6) is -0.930. The van der Waals surface area contributed by atoms with Crippen LogP contribution in [0.15, 0.2) is 90.5 Å². The molecule has 0 saturated heterocycles. The van der Waals surface area contributed by atoms with Crippen LogP contribution in [0.2, 0.25) is 0 Å². The standard InChI is InChI=1S/C30H32N2O5.ClH/c1-22(37-30(34)29(23(2)33)20-24-11-10-16-27(19-24)32(35)36)21-31(3)18-17-28(25-12-6-4-7-13-25)26-14-8-5-9-15-26;/h4-16,19-20,22,28H,17-18,21H2,1-3H3;1H/b29-20-;. The van der Waals surface area contributed by atoms with Gasteiger partial charge in [-0.05, 0) is 36.6 Å². The van der Waals surface area contributed by atoms with E-state index in [1.807, 2.05) is 12.1 Å². The first kappa shape index (κ1) is 30.4. The number of likely N-dealkylation sites (N-methyl/N-ethyl adjacent to an activating group) is 1. The summed E-state index contributed by atoms with van der Waals surface area (Å²) in [6.45, 7) is 4.52. The Hall–Kier alpha value is -3.81. The molecule has 0 aliphatic heterocycles. The molecular weight excluding hydrogens is 504 g/mol. The molecule has 7 nitrogen and oxygen atoms in total. The van der Waals surface area contributed by atoms with Gasteiger partial charge in [0, 0.05) is 24.5 Å². The van der Waals surface area contributed by atoms with Crippen molar-refractivity contribution in [2.75, 3.05) is 20.1 Å². The van der Waals surface area contributed by atoms with E-state index in [4.69, 9.17) is 4.74 Å². The third kappa shape index (κ3) is 8.94. The van der Waals surface area contributed by atoms with Crippen LogP contribution in [-0.2, 0) is 14.3 Å². The lowest BCUT2D eigenvalue weighted by molar-refractivity contribution is -0.882. The Bertz CT molecular complexity index is 1210. The highest BCUT2D eigenvalue weighted by Gasteiger charge is 2.22. The lowest BCUT2D eigenvalue weighted by Crippen LogP contribution is -3.10. The third-order valence-corrected chi connectivity index (χ3v) is 6.20. The van der Waals surface area contributed by atoms with Crippen molar-refractivity contribution < 1.29 is 36.6 Å². The van der Waals surface area contributed by atoms with Gasteiger partial charge in [-0.3, -0.25) is 14.9 Å². The number of benzene rings is 3. The molecule has 0 fully saturated rings. The zero-order valence-electron chi connectivity index (χ0n) is 21.8. The van der Waals surface area contributed by atoms with Crippen molar-refractivity contribution in [2.45, 2.75) is 32.3 Å². The molecule has 2 unspecified atom stereocenters. The predicted molar refractivity (Wildman–Crippen MR) is 143 cm³/mol. The number of rotatable bonds is 12. The van der Waals surface area contributed by atoms with Crippen LogP contribution in [0.1, 0.15) is 42.9 Å². The summed E-state index contributed by atoms with van der Waals surface area (Å²) in [5, 5.41) is 11.0. The van der Waals surface area contributed by atoms with Crippen molar-refractivity contribution in [3.05, 3.63) is 117 Å². The van der Waals surface area contributed by atoms with Crippen LogP contribution in [0, 0.1) is 10.1 Å². The van der Waals surface area contributed by atoms with Crippen LogP contribution >= 0.6 is 0 Å². The number of nitro groups is 1. The number of nitrogens with one attached hydrogen (secondary N) is 1. The third-order valence-electron chi connectivity index (χ3n) is 6.20. The number of ether oxygens (including phenoxy) is 1. The summed E-state index contributed by atoms with van der Waals surface area (Å²) in [5.41, 5.74) is 2.66. The van der Waals surface area contributed by atoms with E-state index >= 15 is 0 Å². The summed E-state index contributed by atoms with van der Waals surface area (Å²) in [7, 11) is 2.06. The van der Waals surface area contributed by atoms with Gasteiger partial charge < -0.3 is 22.0 Å². The molecule has 0 aliphatic rings. The lowest BCUT2D eigenvalue weighted by atomic mass is 9.88. The van der Waals surface area contributed by atoms with Crippen molar-refractivity contribution in [3.8, 4) is 0 Å². The van der Waals surface area contributed by atoms with E-state index in [1.54, 1.807) is 13.0 Å². The number of carbonyl (C=O) groups is 2. The van der Waals surface area contributed by atoms with E-state index in [1.165, 1.54) is 47.2 Å². The van der Waals surface area contributed by atoms with Crippen LogP contribution in [0.3, 0.4) is 0 Å². The van der Waals surface area contributed by atoms with Gasteiger partial charge in [0.15, 0.2) is 5.78 Å². The molecule has 0 spiro atoms. The normalized spacial score (nSPS) is 12.8. The maximum atomic E-state index is 12.8. The quantitative estimate of drug-likeness (QED) is 0.0939. The fraction of sp³-hybridized carbons (Fsp3) is 0.267. The number of carbonyl (C=O) groups excluding carboxylic acids is 2. The Morgan fingerprint density at radius 3 is 2.08 bits per heavy atom. The Kier molecular flexibility index (Phi) is 11.9. The van der Waals surface area contributed by atoms with Gasteiger partial charge in [-0.1, -0.05) is 72.8 Å². The van der Waals surface area contributed by atoms with Crippen LogP contribution < -0.4 is 17.3 Å². The predicted octanol–water partition coefficient (Wildman–Crippen LogP) is 1.24. The van der Waals surface area contributed by atoms with Crippen LogP contribution in [0.25, 0.3) is 6.08 Å². The Labute approximate surface area is 229 Å². The average molecular weight is 537 g/mol. The minimum Gasteiger partial charge on any atom is -1.00 e. The molecule has 0 aliphatic carbocycles. The first-order chi connectivity index (χ1) is 17.7. The van der Waals surface area contributed by atoms with Crippen molar-refractivity contribution >= 4 is 23.5 Å². The number of quaternary nitrogens is 1. The number of non-ortho nitro benzene ring substituents is 1. The minimum absolute atomic E-state index is 0. The van der Waals surface area contributed by atoms with Gasteiger partial charge >= 0.3 is 5.97 Å². The zero-order valence-corrected chi connectivity index (χ0v) is 22.6. The van der Waals surface area contributed by atoms with Gasteiger partial charge in [-0.25, -0.2) is 4.79 Å². The number of halogens is 1. The fourth-order valence-corrected chi connectivity index (χ4v) is 4.37. The van der Waals surface area contributed by atoms with Gasteiger partial charge in [0.2, 0.25) is 0 Å². The van der Waals surface area contributed by atoms with E-state index in [0.29, 0.717) is 12.1 Å². The molecule has 0 saturated carbocycles. The number of hydrogen-bond acceptors (Lipinski definition) is 5. The van der Waals surface area contributed by atoms with Crippen molar-refractivity contribution in [1.29, 1.82) is 0 Å². The molecule has 0 heterocycles. The highest BCUT2D eigenvalue weighted by molar-refractivity contribution is 6.19. The highest BCUT2D eigenvalue weighted by atomic mass is 35.5. The molecule has 0 radical (unpaired) electrons. The largest absolute Gasteiger partial charge is 1.00 e. The van der Waals surface area contributed by atoms with E-state index in [2.05, 4.69) is 55.6 Å². The second kappa shape index (κ2) is 14.8. The Morgan fingerprint density at radius 1 is 0.974 bits per heavy atom. The van der Waals surface area contributed by atoms with Crippen LogP contribution in [-0.4, -0.2) is 42.9 Å². The van der Waals surface area contributed by atoms with E-state index < -0.39 is 22.8 Å². The van der Waals surface area contributed by atoms with Gasteiger partial charge in [0.05, 0.1) is 18.5 Å². The molecule has 3 aromatic carbocycles. The Balaban J connectivity index is 0.00000507. The van der Waals surface area contributed by atoms with Crippen molar-refractivity contribution in [1.82, 2.24) is 0 Å². The summed E-state index contributed by atoms with van der Waals surface area (Å²) in [6, 6.07) is 26.6. The number of nitrogens with zero attached hydrogens (tertiary/aromatic N) is 1. The smallest absolute Gasteiger partial charge is 0.342 e. The van der Waals surface area contributed by atoms with Crippen LogP contribution in [0.4, 0.5) is 5.69 Å². The first-order valence-corrected chi connectivity index (χ1v) is 12.3. The average Bonchev–Trinajstić information content (AvgIpc) is 2.88. The van der Waals surface area contributed by atoms with Gasteiger partial charge in [0.1, 0.15) is 18.2 Å². The summed E-state index contributed by atoms with van der Waals surface area (Å²) in [4.78, 5) is 36.6. The fourth-order valence-electron chi connectivity index (χ4n) is 4.37. The maximum absolute atomic E-state index is 12.8. The van der Waals surface area contributed by atoms with Gasteiger partial charge in [0.25, 0.3) is 5.69 Å². The molecule has 3 aromatic rings. The molecule has 38 heavy (non-hydrogen) atoms. The molecule has 2 atom stereocenters. The molecule has 0 aromatic heterocycles. The highest BCUT2D eigenvalue weighted by Crippen LogP contribution is 2.27. The van der Waals surface area contributed by atoms with Crippen LogP contribution in [0.5, 0.6) is 0 Å². The number of nitro benzene ring substituents is 1. The molecule has 200 valence electrons. The summed E-state index contributed by atoms with van der Waals surface area (Å²) in [6.07, 6.45) is 1.84. The molecule has 0 amide bonds. The van der Waals surface area contributed by atoms with E-state index in [-0.39, 0.29) is 29.6 Å². The summed E-state index contributed by atoms with van der Waals surface area (Å²) >= 11 is 0. The zero-order chi connectivity index (χ0) is 26.8. The number of hydrogen-bond donors (Lipinski definition) is 1. The van der Waals surface area contributed by atoms with Crippen molar-refractivity contribution in [3.63, 3.8) is 0 Å². The topological polar surface area (TPSA) is 91.0 Å². The number of ketones is 1. The lowest BCUT2D eigenvalue weighted by Gasteiger charge is -2.23. The minimum atomic E-state index is -0.731. The first-order valence-electron chi connectivity index (χ1n) is 12.3. The molecule has 8 heteroatoms. The number of Topliss-reactive ketones (excluding diaryl/α,β-unsaturated/α-hetero) is 1. The molecule has 3 rings (SSSR count). The van der Waals surface area contributed by atoms with Gasteiger partial charge in [-0.2, -0.15) is 0 Å². The Morgan fingerprint density at radius 2 is 1.55 bits per heavy atom. The maximum Gasteiger partial charge on any atom is 0.342 e. The monoisotopic (exact) mass is 536 g/mol. The second-order valence-corrected chi connectivity index (χ2v) is 9.26. The SMILES string of the molecule is CC(=O)/C(=C/c1cccc([N+](=O)[O-])c1)C(=O)OC(C)C[NH+](C)CCC(c1ccccc1)c1ccccc1.[Cl-]. The van der Waals surface area contributed by atoms with E-state index in [0.717, 1.165) is 13.0 Å². The summed E-state index contributed by atoms with van der Waals surface area (Å²) < 4.78 is 5.59. The number of esters is 1. The van der Waals surface area contributed by atoms with Gasteiger partial charge in [-0.15, -0.1) is 0 Å². The second-order valence-electron chi connectivity index (χ2n) is 9.26. The molecule has 1 N–H and O–H groups in total.